The van der Waals surface area contributed by atoms with Crippen LogP contribution < -0.4 is 4.74 Å². The lowest BCUT2D eigenvalue weighted by molar-refractivity contribution is 0.0706. The molecular formula is C26H22ClN3O4. The highest BCUT2D eigenvalue weighted by molar-refractivity contribution is 6.31. The van der Waals surface area contributed by atoms with Crippen LogP contribution in [0.25, 0.3) is 11.3 Å². The number of carbonyl (C=O) groups is 1. The molecule has 1 unspecified atom stereocenters. The van der Waals surface area contributed by atoms with Crippen molar-refractivity contribution in [1.29, 1.82) is 0 Å². The number of ether oxygens (including phenoxy) is 1. The van der Waals surface area contributed by atoms with E-state index < -0.39 is 6.04 Å². The van der Waals surface area contributed by atoms with Gasteiger partial charge in [0, 0.05) is 22.7 Å². The van der Waals surface area contributed by atoms with Crippen LogP contribution in [0.1, 0.15) is 33.2 Å². The van der Waals surface area contributed by atoms with Gasteiger partial charge in [0.05, 0.1) is 12.6 Å². The second-order valence-corrected chi connectivity index (χ2v) is 8.50. The molecule has 1 amide bonds. The van der Waals surface area contributed by atoms with Crippen LogP contribution >= 0.6 is 11.6 Å². The van der Waals surface area contributed by atoms with Gasteiger partial charge in [-0.25, -0.2) is 0 Å². The van der Waals surface area contributed by atoms with Crippen LogP contribution in [0, 0.1) is 6.92 Å². The number of fused-ring (bicyclic) bond motifs is 1. The number of hydrogen-bond donors (Lipinski definition) is 3. The molecule has 1 atom stereocenters. The first-order valence-corrected chi connectivity index (χ1v) is 11.2. The first-order chi connectivity index (χ1) is 16.5. The van der Waals surface area contributed by atoms with Gasteiger partial charge >= 0.3 is 0 Å². The van der Waals surface area contributed by atoms with E-state index in [-0.39, 0.29) is 24.8 Å². The minimum absolute atomic E-state index is 0.0177. The number of halogens is 1. The number of amides is 1. The van der Waals surface area contributed by atoms with Crippen molar-refractivity contribution in [2.24, 2.45) is 0 Å². The summed E-state index contributed by atoms with van der Waals surface area (Å²) in [5.74, 6) is 1.04. The largest absolute Gasteiger partial charge is 0.507 e. The molecule has 5 rings (SSSR count). The summed E-state index contributed by atoms with van der Waals surface area (Å²) in [7, 11) is 0. The van der Waals surface area contributed by atoms with E-state index in [0.717, 1.165) is 11.1 Å². The van der Waals surface area contributed by atoms with E-state index in [4.69, 9.17) is 16.3 Å². The predicted molar refractivity (Wildman–Crippen MR) is 128 cm³/mol. The van der Waals surface area contributed by atoms with Gasteiger partial charge < -0.3 is 19.8 Å². The molecule has 0 bridgehead atoms. The second kappa shape index (κ2) is 8.85. The van der Waals surface area contributed by atoms with E-state index in [1.54, 1.807) is 24.0 Å². The Bertz CT molecular complexity index is 1370. The standard InChI is InChI=1S/C26H22ClN3O4/c1-15-12-21(32)19(14-20(15)27)23-22-24(29-28-23)26(33)30(10-11-31)25(22)16-6-5-9-18(13-16)34-17-7-3-2-4-8-17/h2-9,12-14,25,31-32H,10-11H2,1H3,(H,28,29). The molecule has 1 aliphatic heterocycles. The van der Waals surface area contributed by atoms with E-state index in [1.165, 1.54) is 0 Å². The summed E-state index contributed by atoms with van der Waals surface area (Å²) in [5, 5.41) is 28.0. The quantitative estimate of drug-likeness (QED) is 0.361. The minimum atomic E-state index is -0.540. The van der Waals surface area contributed by atoms with Crippen LogP contribution in [0.2, 0.25) is 5.02 Å². The number of nitrogens with one attached hydrogen (secondary N) is 1. The van der Waals surface area contributed by atoms with Gasteiger partial charge in [0.15, 0.2) is 0 Å². The number of phenols is 1. The molecule has 0 saturated heterocycles. The second-order valence-electron chi connectivity index (χ2n) is 8.09. The monoisotopic (exact) mass is 475 g/mol. The number of aromatic amines is 1. The van der Waals surface area contributed by atoms with Crippen molar-refractivity contribution in [2.75, 3.05) is 13.2 Å². The number of benzene rings is 3. The van der Waals surface area contributed by atoms with E-state index in [0.29, 0.717) is 39.0 Å². The molecule has 0 fully saturated rings. The number of aryl methyl sites for hydroxylation is 1. The first kappa shape index (κ1) is 22.0. The number of para-hydroxylation sites is 1. The highest BCUT2D eigenvalue weighted by atomic mass is 35.5. The SMILES string of the molecule is Cc1cc(O)c(-c2n[nH]c3c2C(c2cccc(Oc4ccccc4)c2)N(CCO)C3=O)cc1Cl. The lowest BCUT2D eigenvalue weighted by Gasteiger charge is -2.26. The zero-order valence-electron chi connectivity index (χ0n) is 18.3. The summed E-state index contributed by atoms with van der Waals surface area (Å²) in [6.45, 7) is 1.74. The molecule has 3 aromatic carbocycles. The molecule has 0 saturated carbocycles. The van der Waals surface area contributed by atoms with Gasteiger partial charge in [0.25, 0.3) is 5.91 Å². The van der Waals surface area contributed by atoms with Gasteiger partial charge in [-0.2, -0.15) is 5.10 Å². The van der Waals surface area contributed by atoms with Gasteiger partial charge in [-0.1, -0.05) is 41.9 Å². The number of phenolic OH excluding ortho intramolecular Hbond substituents is 1. The van der Waals surface area contributed by atoms with Gasteiger partial charge in [0.1, 0.15) is 28.6 Å². The zero-order valence-corrected chi connectivity index (χ0v) is 19.1. The summed E-state index contributed by atoms with van der Waals surface area (Å²) >= 11 is 6.34. The van der Waals surface area contributed by atoms with Crippen molar-refractivity contribution in [3.8, 4) is 28.5 Å². The fraction of sp³-hybridized carbons (Fsp3) is 0.154. The maximum atomic E-state index is 13.2. The highest BCUT2D eigenvalue weighted by Crippen LogP contribution is 2.45. The maximum absolute atomic E-state index is 13.2. The molecule has 1 aliphatic rings. The first-order valence-electron chi connectivity index (χ1n) is 10.8. The van der Waals surface area contributed by atoms with Gasteiger partial charge in [0.2, 0.25) is 0 Å². The molecule has 7 nitrogen and oxygen atoms in total. The summed E-state index contributed by atoms with van der Waals surface area (Å²) in [6, 6.07) is 19.5. The fourth-order valence-corrected chi connectivity index (χ4v) is 4.48. The van der Waals surface area contributed by atoms with Crippen LogP contribution in [-0.4, -0.2) is 44.4 Å². The Morgan fingerprint density at radius 3 is 2.62 bits per heavy atom. The topological polar surface area (TPSA) is 98.7 Å². The summed E-state index contributed by atoms with van der Waals surface area (Å²) in [4.78, 5) is 14.8. The lowest BCUT2D eigenvalue weighted by Crippen LogP contribution is -2.32. The Balaban J connectivity index is 1.62. The van der Waals surface area contributed by atoms with Crippen LogP contribution in [-0.2, 0) is 0 Å². The number of β-amino-alcohol motifs (C(OH)–C–C–N with tert-alkyl or cyclic N) is 1. The van der Waals surface area contributed by atoms with Crippen molar-refractivity contribution < 1.29 is 19.7 Å². The number of nitrogens with zero attached hydrogens (tertiary/aromatic N) is 2. The Hall–Kier alpha value is -3.81. The van der Waals surface area contributed by atoms with Crippen molar-refractivity contribution in [2.45, 2.75) is 13.0 Å². The Morgan fingerprint density at radius 1 is 1.09 bits per heavy atom. The summed E-state index contributed by atoms with van der Waals surface area (Å²) in [5.41, 5.74) is 3.31. The fourth-order valence-electron chi connectivity index (χ4n) is 4.32. The smallest absolute Gasteiger partial charge is 0.273 e. The van der Waals surface area contributed by atoms with Crippen LogP contribution in [0.5, 0.6) is 17.2 Å². The van der Waals surface area contributed by atoms with Crippen molar-refractivity contribution in [3.63, 3.8) is 0 Å². The Labute approximate surface area is 201 Å². The third-order valence-electron chi connectivity index (χ3n) is 5.89. The number of rotatable bonds is 6. The molecule has 1 aromatic heterocycles. The molecule has 8 heteroatoms. The predicted octanol–water partition coefficient (Wildman–Crippen LogP) is 5.07. The Morgan fingerprint density at radius 2 is 1.85 bits per heavy atom. The van der Waals surface area contributed by atoms with Crippen molar-refractivity contribution >= 4 is 17.5 Å². The van der Waals surface area contributed by atoms with E-state index in [1.807, 2.05) is 54.6 Å². The third kappa shape index (κ3) is 3.79. The number of aromatic hydroxyl groups is 1. The van der Waals surface area contributed by atoms with Gasteiger partial charge in [-0.05, 0) is 54.4 Å². The molecule has 0 radical (unpaired) electrons. The number of aromatic nitrogens is 2. The van der Waals surface area contributed by atoms with Crippen molar-refractivity contribution in [3.05, 3.63) is 94.1 Å². The van der Waals surface area contributed by atoms with Crippen molar-refractivity contribution in [1.82, 2.24) is 15.1 Å². The number of carbonyl (C=O) groups excluding carboxylic acids is 1. The van der Waals surface area contributed by atoms with Crippen LogP contribution in [0.3, 0.4) is 0 Å². The molecular weight excluding hydrogens is 454 g/mol. The molecule has 4 aromatic rings. The highest BCUT2D eigenvalue weighted by Gasteiger charge is 2.42. The lowest BCUT2D eigenvalue weighted by atomic mass is 9.95. The number of H-pyrrole nitrogens is 1. The third-order valence-corrected chi connectivity index (χ3v) is 6.30. The summed E-state index contributed by atoms with van der Waals surface area (Å²) < 4.78 is 6.00. The van der Waals surface area contributed by atoms with E-state index in [9.17, 15) is 15.0 Å². The van der Waals surface area contributed by atoms with Crippen LogP contribution in [0.15, 0.2) is 66.7 Å². The number of hydrogen-bond acceptors (Lipinski definition) is 5. The maximum Gasteiger partial charge on any atom is 0.273 e. The average molecular weight is 476 g/mol. The van der Waals surface area contributed by atoms with Gasteiger partial charge in [-0.15, -0.1) is 0 Å². The summed E-state index contributed by atoms with van der Waals surface area (Å²) in [6.07, 6.45) is 0. The zero-order chi connectivity index (χ0) is 23.8. The molecule has 2 heterocycles. The number of aliphatic hydroxyl groups excluding tert-OH is 1. The average Bonchev–Trinajstić information content (AvgIpc) is 3.37. The molecule has 3 N–H and O–H groups in total. The Kier molecular flexibility index (Phi) is 5.73. The van der Waals surface area contributed by atoms with Gasteiger partial charge in [-0.3, -0.25) is 9.89 Å². The van der Waals surface area contributed by atoms with E-state index in [2.05, 4.69) is 10.2 Å². The normalized spacial score (nSPS) is 15.0. The number of aliphatic hydroxyl groups is 1. The minimum Gasteiger partial charge on any atom is -0.507 e. The molecule has 0 aliphatic carbocycles. The van der Waals surface area contributed by atoms with Crippen LogP contribution in [0.4, 0.5) is 0 Å². The molecule has 172 valence electrons. The molecule has 0 spiro atoms. The molecule has 34 heavy (non-hydrogen) atoms. The van der Waals surface area contributed by atoms with E-state index >= 15 is 0 Å².